The quantitative estimate of drug-likeness (QED) is 0.890. The molecule has 0 radical (unpaired) electrons. The monoisotopic (exact) mass is 291 g/mol. The van der Waals surface area contributed by atoms with Crippen molar-refractivity contribution >= 4 is 27.5 Å². The van der Waals surface area contributed by atoms with Gasteiger partial charge in [-0.1, -0.05) is 19.1 Å². The van der Waals surface area contributed by atoms with Crippen molar-refractivity contribution < 1.29 is 4.79 Å². The molecule has 0 fully saturated rings. The Hall–Kier alpha value is -1.46. The van der Waals surface area contributed by atoms with E-state index >= 15 is 0 Å². The minimum absolute atomic E-state index is 0.101. The first-order chi connectivity index (χ1) is 9.60. The molecule has 1 unspecified atom stereocenters. The summed E-state index contributed by atoms with van der Waals surface area (Å²) in [6.45, 7) is 5.14. The molecular weight excluding hydrogens is 270 g/mol. The molecule has 1 N–H and O–H groups in total. The fourth-order valence-electron chi connectivity index (χ4n) is 1.82. The molecule has 108 valence electrons. The number of nitrogens with zero attached hydrogens (tertiary/aromatic N) is 2. The molecule has 1 aromatic heterocycles. The topological polar surface area (TPSA) is 45.2 Å². The molecular formula is C15H21N3OS. The van der Waals surface area contributed by atoms with Crippen molar-refractivity contribution in [1.82, 2.24) is 15.2 Å². The molecule has 0 aliphatic heterocycles. The SMILES string of the molecule is CCC(C)NCC(=O)N(C)Cc1nc2ccccc2s1. The van der Waals surface area contributed by atoms with E-state index in [1.54, 1.807) is 16.2 Å². The molecule has 4 nitrogen and oxygen atoms in total. The molecule has 20 heavy (non-hydrogen) atoms. The minimum atomic E-state index is 0.101. The highest BCUT2D eigenvalue weighted by Gasteiger charge is 2.12. The largest absolute Gasteiger partial charge is 0.338 e. The summed E-state index contributed by atoms with van der Waals surface area (Å²) in [4.78, 5) is 18.3. The molecule has 0 aliphatic carbocycles. The van der Waals surface area contributed by atoms with E-state index in [9.17, 15) is 4.79 Å². The Labute approximate surface area is 123 Å². The Morgan fingerprint density at radius 1 is 1.45 bits per heavy atom. The number of benzene rings is 1. The van der Waals surface area contributed by atoms with Gasteiger partial charge in [0, 0.05) is 13.1 Å². The van der Waals surface area contributed by atoms with Crippen LogP contribution in [-0.4, -0.2) is 35.4 Å². The normalized spacial score (nSPS) is 12.6. The van der Waals surface area contributed by atoms with Crippen molar-refractivity contribution in [1.29, 1.82) is 0 Å². The van der Waals surface area contributed by atoms with E-state index in [1.807, 2.05) is 25.2 Å². The molecule has 2 aromatic rings. The molecule has 0 spiro atoms. The van der Waals surface area contributed by atoms with Crippen molar-refractivity contribution in [3.05, 3.63) is 29.3 Å². The fraction of sp³-hybridized carbons (Fsp3) is 0.467. The molecule has 1 heterocycles. The third-order valence-electron chi connectivity index (χ3n) is 3.35. The lowest BCUT2D eigenvalue weighted by atomic mass is 10.2. The summed E-state index contributed by atoms with van der Waals surface area (Å²) < 4.78 is 1.17. The molecule has 0 saturated carbocycles. The van der Waals surface area contributed by atoms with Crippen molar-refractivity contribution in [2.45, 2.75) is 32.9 Å². The second-order valence-electron chi connectivity index (χ2n) is 5.02. The fourth-order valence-corrected chi connectivity index (χ4v) is 2.84. The third kappa shape index (κ3) is 3.77. The minimum Gasteiger partial charge on any atom is -0.338 e. The van der Waals surface area contributed by atoms with E-state index in [2.05, 4.69) is 30.2 Å². The van der Waals surface area contributed by atoms with E-state index in [0.29, 0.717) is 19.1 Å². The van der Waals surface area contributed by atoms with E-state index in [0.717, 1.165) is 16.9 Å². The predicted octanol–water partition coefficient (Wildman–Crippen LogP) is 2.64. The van der Waals surface area contributed by atoms with Gasteiger partial charge in [-0.2, -0.15) is 0 Å². The van der Waals surface area contributed by atoms with Crippen molar-refractivity contribution in [3.8, 4) is 0 Å². The number of thiazole rings is 1. The van der Waals surface area contributed by atoms with Gasteiger partial charge in [-0.3, -0.25) is 4.79 Å². The highest BCUT2D eigenvalue weighted by Crippen LogP contribution is 2.22. The number of nitrogens with one attached hydrogen (secondary N) is 1. The van der Waals surface area contributed by atoms with Crippen LogP contribution >= 0.6 is 11.3 Å². The second kappa shape index (κ2) is 6.81. The molecule has 1 amide bonds. The van der Waals surface area contributed by atoms with Crippen LogP contribution in [0.3, 0.4) is 0 Å². The van der Waals surface area contributed by atoms with Crippen molar-refractivity contribution in [3.63, 3.8) is 0 Å². The maximum Gasteiger partial charge on any atom is 0.236 e. The summed E-state index contributed by atoms with van der Waals surface area (Å²) >= 11 is 1.65. The van der Waals surface area contributed by atoms with Crippen LogP contribution in [0.2, 0.25) is 0 Å². The van der Waals surface area contributed by atoms with E-state index in [-0.39, 0.29) is 5.91 Å². The maximum atomic E-state index is 12.0. The predicted molar refractivity (Wildman–Crippen MR) is 83.8 cm³/mol. The van der Waals surface area contributed by atoms with E-state index in [1.165, 1.54) is 4.70 Å². The average molecular weight is 291 g/mol. The Balaban J connectivity index is 1.93. The standard InChI is InChI=1S/C15H21N3OS/c1-4-11(2)16-9-15(19)18(3)10-14-17-12-7-5-6-8-13(12)20-14/h5-8,11,16H,4,9-10H2,1-3H3. The van der Waals surface area contributed by atoms with Crippen LogP contribution in [0.25, 0.3) is 10.2 Å². The van der Waals surface area contributed by atoms with Crippen LogP contribution in [0, 0.1) is 0 Å². The van der Waals surface area contributed by atoms with Crippen molar-refractivity contribution in [2.24, 2.45) is 0 Å². The Morgan fingerprint density at radius 2 is 2.20 bits per heavy atom. The lowest BCUT2D eigenvalue weighted by Gasteiger charge is -2.17. The zero-order valence-corrected chi connectivity index (χ0v) is 13.0. The lowest BCUT2D eigenvalue weighted by Crippen LogP contribution is -2.38. The Kier molecular flexibility index (Phi) is 5.09. The molecule has 1 atom stereocenters. The number of likely N-dealkylation sites (N-methyl/N-ethyl adjacent to an activating group) is 1. The summed E-state index contributed by atoms with van der Waals surface area (Å²) in [6, 6.07) is 8.42. The van der Waals surface area contributed by atoms with Gasteiger partial charge in [0.2, 0.25) is 5.91 Å². The molecule has 2 rings (SSSR count). The van der Waals surface area contributed by atoms with Crippen LogP contribution in [0.15, 0.2) is 24.3 Å². The molecule has 0 saturated heterocycles. The van der Waals surface area contributed by atoms with Gasteiger partial charge in [0.1, 0.15) is 5.01 Å². The zero-order valence-electron chi connectivity index (χ0n) is 12.2. The number of rotatable bonds is 6. The van der Waals surface area contributed by atoms with Gasteiger partial charge in [0.15, 0.2) is 0 Å². The lowest BCUT2D eigenvalue weighted by molar-refractivity contribution is -0.129. The Bertz CT molecular complexity index is 548. The van der Waals surface area contributed by atoms with Gasteiger partial charge in [-0.05, 0) is 25.5 Å². The number of fused-ring (bicyclic) bond motifs is 1. The second-order valence-corrected chi connectivity index (χ2v) is 6.13. The number of amides is 1. The first-order valence-corrected chi connectivity index (χ1v) is 7.73. The molecule has 5 heteroatoms. The van der Waals surface area contributed by atoms with E-state index in [4.69, 9.17) is 0 Å². The average Bonchev–Trinajstić information content (AvgIpc) is 2.86. The number of carbonyl (C=O) groups excluding carboxylic acids is 1. The highest BCUT2D eigenvalue weighted by atomic mass is 32.1. The summed E-state index contributed by atoms with van der Waals surface area (Å²) in [5.41, 5.74) is 1.01. The third-order valence-corrected chi connectivity index (χ3v) is 4.37. The molecule has 1 aromatic carbocycles. The first kappa shape index (κ1) is 14.9. The van der Waals surface area contributed by atoms with Gasteiger partial charge >= 0.3 is 0 Å². The molecule has 0 bridgehead atoms. The van der Waals surface area contributed by atoms with Gasteiger partial charge in [-0.25, -0.2) is 4.98 Å². The summed E-state index contributed by atoms with van der Waals surface area (Å²) in [5, 5.41) is 4.19. The van der Waals surface area contributed by atoms with Crippen LogP contribution in [-0.2, 0) is 11.3 Å². The number of hydrogen-bond donors (Lipinski definition) is 1. The van der Waals surface area contributed by atoms with Gasteiger partial charge in [0.25, 0.3) is 0 Å². The number of carbonyl (C=O) groups is 1. The van der Waals surface area contributed by atoms with Gasteiger partial charge in [-0.15, -0.1) is 11.3 Å². The van der Waals surface area contributed by atoms with Crippen LogP contribution in [0.5, 0.6) is 0 Å². The summed E-state index contributed by atoms with van der Waals surface area (Å²) in [7, 11) is 1.83. The molecule has 0 aliphatic rings. The summed E-state index contributed by atoms with van der Waals surface area (Å²) in [5.74, 6) is 0.101. The smallest absolute Gasteiger partial charge is 0.236 e. The van der Waals surface area contributed by atoms with Crippen LogP contribution in [0.1, 0.15) is 25.3 Å². The van der Waals surface area contributed by atoms with Crippen LogP contribution < -0.4 is 5.32 Å². The maximum absolute atomic E-state index is 12.0. The van der Waals surface area contributed by atoms with Crippen molar-refractivity contribution in [2.75, 3.05) is 13.6 Å². The van der Waals surface area contributed by atoms with E-state index < -0.39 is 0 Å². The summed E-state index contributed by atoms with van der Waals surface area (Å²) in [6.07, 6.45) is 1.02. The highest BCUT2D eigenvalue weighted by molar-refractivity contribution is 7.18. The number of aromatic nitrogens is 1. The van der Waals surface area contributed by atoms with Crippen LogP contribution in [0.4, 0.5) is 0 Å². The van der Waals surface area contributed by atoms with Gasteiger partial charge in [0.05, 0.1) is 23.3 Å². The number of hydrogen-bond acceptors (Lipinski definition) is 4. The first-order valence-electron chi connectivity index (χ1n) is 6.92. The zero-order chi connectivity index (χ0) is 14.5. The van der Waals surface area contributed by atoms with Gasteiger partial charge < -0.3 is 10.2 Å². The number of para-hydroxylation sites is 1. The Morgan fingerprint density at radius 3 is 2.90 bits per heavy atom.